The van der Waals surface area contributed by atoms with E-state index in [1.54, 1.807) is 4.90 Å². The summed E-state index contributed by atoms with van der Waals surface area (Å²) in [6, 6.07) is 5.41. The Labute approximate surface area is 125 Å². The lowest BCUT2D eigenvalue weighted by Crippen LogP contribution is -2.41. The number of rotatable bonds is 5. The molecule has 0 unspecified atom stereocenters. The standard InChI is InChI=1S/C16H22N2O3/c1-3-12-7-4-6-11(2)15(12)17-14(19)10-18-9-5-8-13(18)16(20)21/h4,6-7,13H,3,5,8-10H2,1-2H3,(H,17,19)(H,20,21)/t13-/m0/s1. The molecule has 1 saturated heterocycles. The number of nitrogens with one attached hydrogen (secondary N) is 1. The molecule has 0 bridgehead atoms. The molecule has 1 aromatic rings. The molecule has 0 aromatic heterocycles. The smallest absolute Gasteiger partial charge is 0.320 e. The number of carboxylic acids is 1. The predicted octanol–water partition coefficient (Wildman–Crippen LogP) is 2.04. The van der Waals surface area contributed by atoms with Gasteiger partial charge in [0.2, 0.25) is 5.91 Å². The lowest BCUT2D eigenvalue weighted by atomic mass is 10.1. The molecule has 1 amide bonds. The van der Waals surface area contributed by atoms with Gasteiger partial charge in [0, 0.05) is 5.69 Å². The van der Waals surface area contributed by atoms with Crippen molar-refractivity contribution in [2.45, 2.75) is 39.2 Å². The first-order valence-electron chi connectivity index (χ1n) is 7.38. The summed E-state index contributed by atoms with van der Waals surface area (Å²) in [5.74, 6) is -0.988. The number of benzene rings is 1. The maximum absolute atomic E-state index is 12.2. The van der Waals surface area contributed by atoms with Crippen LogP contribution in [0.5, 0.6) is 0 Å². The van der Waals surface area contributed by atoms with Crippen LogP contribution in [-0.2, 0) is 16.0 Å². The van der Waals surface area contributed by atoms with E-state index < -0.39 is 12.0 Å². The summed E-state index contributed by atoms with van der Waals surface area (Å²) in [7, 11) is 0. The van der Waals surface area contributed by atoms with Crippen molar-refractivity contribution in [3.05, 3.63) is 29.3 Å². The number of nitrogens with zero attached hydrogens (tertiary/aromatic N) is 1. The first-order chi connectivity index (χ1) is 10.0. The maximum atomic E-state index is 12.2. The molecule has 0 saturated carbocycles. The van der Waals surface area contributed by atoms with Gasteiger partial charge in [0.15, 0.2) is 0 Å². The lowest BCUT2D eigenvalue weighted by Gasteiger charge is -2.21. The summed E-state index contributed by atoms with van der Waals surface area (Å²) in [4.78, 5) is 25.1. The van der Waals surface area contributed by atoms with E-state index >= 15 is 0 Å². The van der Waals surface area contributed by atoms with Crippen molar-refractivity contribution >= 4 is 17.6 Å². The number of carbonyl (C=O) groups is 2. The number of hydrogen-bond donors (Lipinski definition) is 2. The van der Waals surface area contributed by atoms with E-state index in [1.807, 2.05) is 32.0 Å². The number of amides is 1. The molecule has 1 fully saturated rings. The Morgan fingerprint density at radius 1 is 1.43 bits per heavy atom. The normalized spacial score (nSPS) is 18.7. The van der Waals surface area contributed by atoms with Crippen molar-refractivity contribution in [1.82, 2.24) is 4.90 Å². The molecule has 114 valence electrons. The van der Waals surface area contributed by atoms with Gasteiger partial charge in [0.25, 0.3) is 0 Å². The second-order valence-corrected chi connectivity index (χ2v) is 5.48. The van der Waals surface area contributed by atoms with Crippen LogP contribution >= 0.6 is 0 Å². The van der Waals surface area contributed by atoms with Crippen molar-refractivity contribution in [1.29, 1.82) is 0 Å². The second-order valence-electron chi connectivity index (χ2n) is 5.48. The summed E-state index contributed by atoms with van der Waals surface area (Å²) in [6.07, 6.45) is 2.29. The molecule has 5 heteroatoms. The van der Waals surface area contributed by atoms with Crippen LogP contribution in [-0.4, -0.2) is 41.0 Å². The van der Waals surface area contributed by atoms with E-state index in [4.69, 9.17) is 5.11 Å². The van der Waals surface area contributed by atoms with E-state index in [1.165, 1.54) is 0 Å². The molecule has 1 heterocycles. The fourth-order valence-corrected chi connectivity index (χ4v) is 2.86. The highest BCUT2D eigenvalue weighted by atomic mass is 16.4. The van der Waals surface area contributed by atoms with Gasteiger partial charge in [-0.25, -0.2) is 0 Å². The SMILES string of the molecule is CCc1cccc(C)c1NC(=O)CN1CCC[C@H]1C(=O)O. The highest BCUT2D eigenvalue weighted by Crippen LogP contribution is 2.22. The number of likely N-dealkylation sites (tertiary alicyclic amines) is 1. The Hall–Kier alpha value is -1.88. The molecule has 0 aliphatic carbocycles. The molecule has 5 nitrogen and oxygen atoms in total. The Morgan fingerprint density at radius 3 is 2.86 bits per heavy atom. The quantitative estimate of drug-likeness (QED) is 0.870. The van der Waals surface area contributed by atoms with Crippen molar-refractivity contribution in [2.75, 3.05) is 18.4 Å². The van der Waals surface area contributed by atoms with E-state index in [9.17, 15) is 9.59 Å². The number of aryl methyl sites for hydroxylation is 2. The number of hydrogen-bond acceptors (Lipinski definition) is 3. The Kier molecular flexibility index (Phi) is 4.96. The van der Waals surface area contributed by atoms with Crippen LogP contribution in [0.25, 0.3) is 0 Å². The molecular formula is C16H22N2O3. The monoisotopic (exact) mass is 290 g/mol. The molecular weight excluding hydrogens is 268 g/mol. The van der Waals surface area contributed by atoms with Crippen molar-refractivity contribution in [3.63, 3.8) is 0 Å². The Bertz CT molecular complexity index is 542. The molecule has 1 atom stereocenters. The molecule has 1 aliphatic rings. The van der Waals surface area contributed by atoms with Crippen LogP contribution in [0.3, 0.4) is 0 Å². The molecule has 0 spiro atoms. The third-order valence-corrected chi connectivity index (χ3v) is 4.00. The topological polar surface area (TPSA) is 69.6 Å². The first-order valence-corrected chi connectivity index (χ1v) is 7.38. The Morgan fingerprint density at radius 2 is 2.19 bits per heavy atom. The van der Waals surface area contributed by atoms with Gasteiger partial charge >= 0.3 is 5.97 Å². The van der Waals surface area contributed by atoms with E-state index in [0.29, 0.717) is 13.0 Å². The summed E-state index contributed by atoms with van der Waals surface area (Å²) in [5.41, 5.74) is 2.98. The average Bonchev–Trinajstić information content (AvgIpc) is 2.89. The van der Waals surface area contributed by atoms with Crippen LogP contribution < -0.4 is 5.32 Å². The van der Waals surface area contributed by atoms with Crippen molar-refractivity contribution in [3.8, 4) is 0 Å². The van der Waals surface area contributed by atoms with E-state index in [0.717, 1.165) is 29.7 Å². The zero-order chi connectivity index (χ0) is 15.4. The zero-order valence-corrected chi connectivity index (χ0v) is 12.6. The van der Waals surface area contributed by atoms with Gasteiger partial charge in [-0.1, -0.05) is 25.1 Å². The third-order valence-electron chi connectivity index (χ3n) is 4.00. The fraction of sp³-hybridized carbons (Fsp3) is 0.500. The van der Waals surface area contributed by atoms with E-state index in [2.05, 4.69) is 5.32 Å². The maximum Gasteiger partial charge on any atom is 0.320 e. The summed E-state index contributed by atoms with van der Waals surface area (Å²) >= 11 is 0. The van der Waals surface area contributed by atoms with Crippen LogP contribution in [0.15, 0.2) is 18.2 Å². The highest BCUT2D eigenvalue weighted by Gasteiger charge is 2.31. The number of carboxylic acid groups (broad SMARTS) is 1. The molecule has 0 radical (unpaired) electrons. The molecule has 21 heavy (non-hydrogen) atoms. The molecule has 2 rings (SSSR count). The van der Waals surface area contributed by atoms with E-state index in [-0.39, 0.29) is 12.5 Å². The largest absolute Gasteiger partial charge is 0.480 e. The Balaban J connectivity index is 2.04. The van der Waals surface area contributed by atoms with Gasteiger partial charge in [0.05, 0.1) is 6.54 Å². The summed E-state index contributed by atoms with van der Waals surface area (Å²) in [5, 5.41) is 12.1. The van der Waals surface area contributed by atoms with Crippen LogP contribution in [0.4, 0.5) is 5.69 Å². The van der Waals surface area contributed by atoms with Crippen LogP contribution in [0.2, 0.25) is 0 Å². The molecule has 1 aromatic carbocycles. The predicted molar refractivity (Wildman–Crippen MR) is 81.4 cm³/mol. The minimum atomic E-state index is -0.842. The lowest BCUT2D eigenvalue weighted by molar-refractivity contribution is -0.142. The van der Waals surface area contributed by atoms with Gasteiger partial charge in [-0.15, -0.1) is 0 Å². The molecule has 1 aliphatic heterocycles. The summed E-state index contributed by atoms with van der Waals surface area (Å²) < 4.78 is 0. The van der Waals surface area contributed by atoms with Crippen molar-refractivity contribution < 1.29 is 14.7 Å². The molecule has 2 N–H and O–H groups in total. The number of carbonyl (C=O) groups excluding carboxylic acids is 1. The third kappa shape index (κ3) is 3.61. The average molecular weight is 290 g/mol. The second kappa shape index (κ2) is 6.72. The fourth-order valence-electron chi connectivity index (χ4n) is 2.86. The minimum Gasteiger partial charge on any atom is -0.480 e. The number of anilines is 1. The van der Waals surface area contributed by atoms with Gasteiger partial charge in [0.1, 0.15) is 6.04 Å². The summed E-state index contributed by atoms with van der Waals surface area (Å²) in [6.45, 7) is 4.81. The van der Waals surface area contributed by atoms with Crippen LogP contribution in [0, 0.1) is 6.92 Å². The number of para-hydroxylation sites is 1. The highest BCUT2D eigenvalue weighted by molar-refractivity contribution is 5.94. The zero-order valence-electron chi connectivity index (χ0n) is 12.6. The van der Waals surface area contributed by atoms with Gasteiger partial charge in [-0.2, -0.15) is 0 Å². The van der Waals surface area contributed by atoms with Crippen molar-refractivity contribution in [2.24, 2.45) is 0 Å². The number of aliphatic carboxylic acids is 1. The van der Waals surface area contributed by atoms with Gasteiger partial charge in [-0.05, 0) is 43.9 Å². The van der Waals surface area contributed by atoms with Gasteiger partial charge < -0.3 is 10.4 Å². The minimum absolute atomic E-state index is 0.133. The van der Waals surface area contributed by atoms with Gasteiger partial charge in [-0.3, -0.25) is 14.5 Å². The van der Waals surface area contributed by atoms with Crippen LogP contribution in [0.1, 0.15) is 30.9 Å². The first kappa shape index (κ1) is 15.5.